The Bertz CT molecular complexity index is 5330. The minimum Gasteiger partial charge on any atom is -0.456 e. The van der Waals surface area contributed by atoms with Crippen LogP contribution in [0.3, 0.4) is 0 Å². The number of hydrogen-bond acceptors (Lipinski definition) is 2. The van der Waals surface area contributed by atoms with Crippen LogP contribution < -0.4 is 4.90 Å². The second kappa shape index (κ2) is 15.6. The molecule has 0 bridgehead atoms. The summed E-state index contributed by atoms with van der Waals surface area (Å²) in [5, 5.41) is 4.72. The van der Waals surface area contributed by atoms with Crippen LogP contribution in [0.4, 0.5) is 17.1 Å². The summed E-state index contributed by atoms with van der Waals surface area (Å²) in [7, 11) is 0. The molecule has 3 heteroatoms. The molecule has 83 heavy (non-hydrogen) atoms. The van der Waals surface area contributed by atoms with Crippen molar-refractivity contribution in [2.45, 2.75) is 10.8 Å². The van der Waals surface area contributed by atoms with Gasteiger partial charge in [0.05, 0.1) is 27.6 Å². The molecule has 0 fully saturated rings. The van der Waals surface area contributed by atoms with Gasteiger partial charge in [-0.05, 0) is 161 Å². The average molecular weight is 1050 g/mol. The van der Waals surface area contributed by atoms with Crippen molar-refractivity contribution in [1.29, 1.82) is 0 Å². The SMILES string of the molecule is c1cc(-c2ccc3c(c2)c2ccc4c5c2n3-c2ccccc2-c2cccc(c2-5)C42c3ccccc3-c3ccccc32)cc(N(c2ccc3c(c2)C2(c4ccccc4-c4ccccc42)c2ccccc2-3)c2ccc3c(c2)oc2ccccc23)c1. The molecule has 4 aliphatic carbocycles. The number of anilines is 3. The molecule has 382 valence electrons. The Morgan fingerprint density at radius 3 is 1.47 bits per heavy atom. The monoisotopic (exact) mass is 1050 g/mol. The Hall–Kier alpha value is -10.7. The molecule has 5 aliphatic rings. The van der Waals surface area contributed by atoms with E-state index in [1.807, 2.05) is 0 Å². The van der Waals surface area contributed by atoms with Crippen LogP contribution in [0.15, 0.2) is 283 Å². The number of nitrogens with zero attached hydrogens (tertiary/aromatic N) is 2. The van der Waals surface area contributed by atoms with Gasteiger partial charge >= 0.3 is 0 Å². The molecule has 0 saturated carbocycles. The largest absolute Gasteiger partial charge is 0.456 e. The number of fused-ring (bicyclic) bond motifs is 26. The number of para-hydroxylation sites is 2. The smallest absolute Gasteiger partial charge is 0.137 e. The zero-order valence-electron chi connectivity index (χ0n) is 44.9. The van der Waals surface area contributed by atoms with Gasteiger partial charge in [0.15, 0.2) is 0 Å². The van der Waals surface area contributed by atoms with Crippen LogP contribution >= 0.6 is 0 Å². The van der Waals surface area contributed by atoms with Crippen molar-refractivity contribution in [3.05, 3.63) is 324 Å². The van der Waals surface area contributed by atoms with E-state index < -0.39 is 10.8 Å². The minimum atomic E-state index is -0.489. The third-order valence-corrected chi connectivity index (χ3v) is 19.7. The third kappa shape index (κ3) is 5.29. The van der Waals surface area contributed by atoms with Crippen molar-refractivity contribution in [1.82, 2.24) is 4.57 Å². The predicted molar refractivity (Wildman–Crippen MR) is 340 cm³/mol. The van der Waals surface area contributed by atoms with Gasteiger partial charge in [0.2, 0.25) is 0 Å². The molecule has 13 aromatic carbocycles. The van der Waals surface area contributed by atoms with Gasteiger partial charge in [-0.3, -0.25) is 0 Å². The standard InChI is InChI=1S/C80H46N2O/c1-8-27-64-52(19-1)53-20-2-9-28-65(53)79(64)66-29-10-5-23-56(66)57-38-36-50(45-71(57)79)81(51-37-39-60-59-25-7-14-34-74(59)83-75(60)46-51)49-18-15-17-47(43-49)48-35-42-73-63(44-48)62-40-41-70-77-76-61(58-24-6-13-33-72(58)82(73)78(62)77)26-16-32-69(76)80(70)67-30-11-3-21-54(67)55-22-4-12-31-68(55)80/h1-46H. The van der Waals surface area contributed by atoms with Crippen LogP contribution in [-0.4, -0.2) is 4.57 Å². The first-order valence-corrected chi connectivity index (χ1v) is 29.0. The van der Waals surface area contributed by atoms with Crippen LogP contribution in [-0.2, 0) is 10.8 Å². The fraction of sp³-hybridized carbons (Fsp3) is 0.0250. The van der Waals surface area contributed by atoms with Crippen LogP contribution in [0.25, 0.3) is 116 Å². The highest BCUT2D eigenvalue weighted by atomic mass is 16.3. The van der Waals surface area contributed by atoms with E-state index in [1.165, 1.54) is 128 Å². The Kier molecular flexibility index (Phi) is 8.27. The zero-order valence-corrected chi connectivity index (χ0v) is 44.9. The Balaban J connectivity index is 0.805. The van der Waals surface area contributed by atoms with E-state index in [0.717, 1.165) is 50.1 Å². The van der Waals surface area contributed by atoms with E-state index in [0.29, 0.717) is 0 Å². The second-order valence-corrected chi connectivity index (χ2v) is 23.3. The lowest BCUT2D eigenvalue weighted by atomic mass is 9.70. The highest BCUT2D eigenvalue weighted by Gasteiger charge is 2.54. The lowest BCUT2D eigenvalue weighted by Crippen LogP contribution is -2.26. The average Bonchev–Trinajstić information content (AvgIpc) is 1.61. The molecule has 2 aromatic heterocycles. The van der Waals surface area contributed by atoms with E-state index in [2.05, 4.69) is 289 Å². The highest BCUT2D eigenvalue weighted by molar-refractivity contribution is 6.20. The van der Waals surface area contributed by atoms with Crippen molar-refractivity contribution in [2.75, 3.05) is 4.90 Å². The van der Waals surface area contributed by atoms with Crippen LogP contribution in [0.1, 0.15) is 44.5 Å². The molecule has 0 unspecified atom stereocenters. The summed E-state index contributed by atoms with van der Waals surface area (Å²) < 4.78 is 9.26. The first kappa shape index (κ1) is 44.1. The maximum Gasteiger partial charge on any atom is 0.137 e. The summed E-state index contributed by atoms with van der Waals surface area (Å²) in [6.07, 6.45) is 0. The van der Waals surface area contributed by atoms with Gasteiger partial charge in [-0.1, -0.05) is 212 Å². The van der Waals surface area contributed by atoms with Crippen LogP contribution in [0, 0.1) is 0 Å². The minimum absolute atomic E-state index is 0.447. The molecule has 2 spiro atoms. The van der Waals surface area contributed by atoms with Gasteiger partial charge in [0.25, 0.3) is 0 Å². The lowest BCUT2D eigenvalue weighted by molar-refractivity contribution is 0.669. The van der Waals surface area contributed by atoms with Gasteiger partial charge in [-0.2, -0.15) is 0 Å². The van der Waals surface area contributed by atoms with E-state index in [9.17, 15) is 0 Å². The Morgan fingerprint density at radius 1 is 0.277 bits per heavy atom. The number of rotatable bonds is 4. The molecule has 0 N–H and O–H groups in total. The summed E-state index contributed by atoms with van der Waals surface area (Å²) in [5.41, 5.74) is 33.7. The van der Waals surface area contributed by atoms with E-state index in [1.54, 1.807) is 0 Å². The summed E-state index contributed by atoms with van der Waals surface area (Å²) in [6.45, 7) is 0. The maximum atomic E-state index is 6.67. The van der Waals surface area contributed by atoms with Gasteiger partial charge in [0, 0.05) is 55.8 Å². The predicted octanol–water partition coefficient (Wildman–Crippen LogP) is 20.5. The van der Waals surface area contributed by atoms with Crippen LogP contribution in [0.5, 0.6) is 0 Å². The topological polar surface area (TPSA) is 21.3 Å². The van der Waals surface area contributed by atoms with E-state index in [-0.39, 0.29) is 0 Å². The maximum absolute atomic E-state index is 6.67. The molecule has 0 saturated heterocycles. The molecule has 3 heterocycles. The molecule has 3 nitrogen and oxygen atoms in total. The second-order valence-electron chi connectivity index (χ2n) is 23.3. The molecule has 1 aliphatic heterocycles. The fourth-order valence-electron chi connectivity index (χ4n) is 16.7. The molecule has 0 atom stereocenters. The van der Waals surface area contributed by atoms with Crippen molar-refractivity contribution in [3.63, 3.8) is 0 Å². The molecule has 15 aromatic rings. The summed E-state index contributed by atoms with van der Waals surface area (Å²) in [4.78, 5) is 2.45. The molecule has 0 amide bonds. The number of benzene rings is 13. The van der Waals surface area contributed by atoms with Gasteiger partial charge < -0.3 is 13.9 Å². The molecular weight excluding hydrogens is 1000 g/mol. The van der Waals surface area contributed by atoms with Crippen molar-refractivity contribution >= 4 is 60.8 Å². The first-order chi connectivity index (χ1) is 41.2. The van der Waals surface area contributed by atoms with Gasteiger partial charge in [-0.25, -0.2) is 0 Å². The Labute approximate surface area is 478 Å². The van der Waals surface area contributed by atoms with Crippen LogP contribution in [0.2, 0.25) is 0 Å². The Morgan fingerprint density at radius 2 is 0.771 bits per heavy atom. The molecule has 20 rings (SSSR count). The summed E-state index contributed by atoms with van der Waals surface area (Å²) in [6, 6.07) is 105. The lowest BCUT2D eigenvalue weighted by Gasteiger charge is -2.32. The van der Waals surface area contributed by atoms with Crippen molar-refractivity contribution < 1.29 is 4.42 Å². The first-order valence-electron chi connectivity index (χ1n) is 29.0. The third-order valence-electron chi connectivity index (χ3n) is 19.7. The van der Waals surface area contributed by atoms with Gasteiger partial charge in [-0.15, -0.1) is 0 Å². The van der Waals surface area contributed by atoms with Gasteiger partial charge in [0.1, 0.15) is 11.2 Å². The van der Waals surface area contributed by atoms with Crippen molar-refractivity contribution in [2.24, 2.45) is 0 Å². The normalized spacial score (nSPS) is 14.2. The number of furan rings is 1. The fourth-order valence-corrected chi connectivity index (χ4v) is 16.7. The number of aromatic nitrogens is 1. The summed E-state index contributed by atoms with van der Waals surface area (Å²) >= 11 is 0. The van der Waals surface area contributed by atoms with E-state index in [4.69, 9.17) is 4.42 Å². The highest BCUT2D eigenvalue weighted by Crippen LogP contribution is 2.67. The van der Waals surface area contributed by atoms with Crippen molar-refractivity contribution in [3.8, 4) is 72.4 Å². The summed E-state index contributed by atoms with van der Waals surface area (Å²) in [5.74, 6) is 0. The zero-order chi connectivity index (χ0) is 53.9. The number of hydrogen-bond donors (Lipinski definition) is 0. The molecule has 0 radical (unpaired) electrons. The quantitative estimate of drug-likeness (QED) is 0.175. The molecular formula is C80H46N2O. The van der Waals surface area contributed by atoms with E-state index >= 15 is 0 Å².